The van der Waals surface area contributed by atoms with Gasteiger partial charge in [0.15, 0.2) is 0 Å². The summed E-state index contributed by atoms with van der Waals surface area (Å²) in [4.78, 5) is 11.1. The van der Waals surface area contributed by atoms with E-state index in [0.717, 1.165) is 4.90 Å². The van der Waals surface area contributed by atoms with Crippen molar-refractivity contribution in [2.75, 3.05) is 6.26 Å². The van der Waals surface area contributed by atoms with Crippen molar-refractivity contribution in [2.45, 2.75) is 11.3 Å². The fraction of sp³-hybridized carbons (Fsp3) is 0.222. The zero-order valence-electron chi connectivity index (χ0n) is 7.15. The number of rotatable bonds is 3. The van der Waals surface area contributed by atoms with E-state index < -0.39 is 5.97 Å². The molecule has 0 bridgehead atoms. The van der Waals surface area contributed by atoms with Crippen molar-refractivity contribution in [3.05, 3.63) is 23.8 Å². The number of hydrogen-bond acceptors (Lipinski definition) is 3. The topological polar surface area (TPSA) is 57.5 Å². The van der Waals surface area contributed by atoms with Crippen molar-refractivity contribution in [3.63, 3.8) is 0 Å². The SMILES string of the molecule is CSc1ccc(CC(=O)O)cc1O. The Balaban J connectivity index is 2.89. The molecule has 0 amide bonds. The third-order valence-electron chi connectivity index (χ3n) is 1.60. The Morgan fingerprint density at radius 2 is 2.23 bits per heavy atom. The van der Waals surface area contributed by atoms with E-state index in [2.05, 4.69) is 0 Å². The number of carbonyl (C=O) groups is 1. The second kappa shape index (κ2) is 4.18. The van der Waals surface area contributed by atoms with Crippen molar-refractivity contribution in [1.29, 1.82) is 0 Å². The maximum Gasteiger partial charge on any atom is 0.307 e. The quantitative estimate of drug-likeness (QED) is 0.726. The van der Waals surface area contributed by atoms with Crippen LogP contribution in [0.3, 0.4) is 0 Å². The molecule has 0 aliphatic rings. The summed E-state index contributed by atoms with van der Waals surface area (Å²) >= 11 is 1.43. The van der Waals surface area contributed by atoms with E-state index in [0.29, 0.717) is 5.56 Å². The molecule has 0 aliphatic carbocycles. The Morgan fingerprint density at radius 3 is 2.69 bits per heavy atom. The van der Waals surface area contributed by atoms with Crippen molar-refractivity contribution in [3.8, 4) is 5.75 Å². The van der Waals surface area contributed by atoms with Crippen LogP contribution in [0.5, 0.6) is 5.75 Å². The van der Waals surface area contributed by atoms with Crippen LogP contribution in [0.15, 0.2) is 23.1 Å². The molecule has 1 aromatic carbocycles. The van der Waals surface area contributed by atoms with Gasteiger partial charge in [0.1, 0.15) is 5.75 Å². The highest BCUT2D eigenvalue weighted by atomic mass is 32.2. The highest BCUT2D eigenvalue weighted by Gasteiger charge is 2.04. The molecule has 13 heavy (non-hydrogen) atoms. The molecule has 0 saturated heterocycles. The summed E-state index contributed by atoms with van der Waals surface area (Å²) in [5.41, 5.74) is 0.614. The van der Waals surface area contributed by atoms with E-state index in [-0.39, 0.29) is 12.2 Å². The summed E-state index contributed by atoms with van der Waals surface area (Å²) in [5, 5.41) is 17.9. The maximum absolute atomic E-state index is 10.3. The number of carboxylic acids is 1. The van der Waals surface area contributed by atoms with Crippen LogP contribution in [-0.4, -0.2) is 22.4 Å². The molecular weight excluding hydrogens is 188 g/mol. The predicted octanol–water partition coefficient (Wildman–Crippen LogP) is 1.74. The van der Waals surface area contributed by atoms with Gasteiger partial charge in [-0.15, -0.1) is 11.8 Å². The van der Waals surface area contributed by atoms with Crippen molar-refractivity contribution in [2.24, 2.45) is 0 Å². The monoisotopic (exact) mass is 198 g/mol. The van der Waals surface area contributed by atoms with E-state index >= 15 is 0 Å². The molecule has 70 valence electrons. The third kappa shape index (κ3) is 2.66. The van der Waals surface area contributed by atoms with Crippen LogP contribution in [0.25, 0.3) is 0 Å². The average molecular weight is 198 g/mol. The van der Waals surface area contributed by atoms with Crippen molar-refractivity contribution >= 4 is 17.7 Å². The van der Waals surface area contributed by atoms with Crippen molar-refractivity contribution in [1.82, 2.24) is 0 Å². The molecular formula is C9H10O3S. The highest BCUT2D eigenvalue weighted by molar-refractivity contribution is 7.98. The number of thioether (sulfide) groups is 1. The highest BCUT2D eigenvalue weighted by Crippen LogP contribution is 2.27. The fourth-order valence-corrected chi connectivity index (χ4v) is 1.49. The Morgan fingerprint density at radius 1 is 1.54 bits per heavy atom. The minimum absolute atomic E-state index is 0.0534. The second-order valence-electron chi connectivity index (χ2n) is 2.58. The van der Waals surface area contributed by atoms with Gasteiger partial charge in [-0.25, -0.2) is 0 Å². The molecule has 0 unspecified atom stereocenters. The molecule has 0 heterocycles. The molecule has 4 heteroatoms. The molecule has 0 aliphatic heterocycles. The smallest absolute Gasteiger partial charge is 0.307 e. The number of phenolic OH excluding ortho intramolecular Hbond substituents is 1. The lowest BCUT2D eigenvalue weighted by Crippen LogP contribution is -1.99. The van der Waals surface area contributed by atoms with Gasteiger partial charge >= 0.3 is 5.97 Å². The second-order valence-corrected chi connectivity index (χ2v) is 3.42. The number of phenols is 1. The van der Waals surface area contributed by atoms with Crippen LogP contribution >= 0.6 is 11.8 Å². The number of hydrogen-bond donors (Lipinski definition) is 2. The Labute approximate surface area is 80.4 Å². The van der Waals surface area contributed by atoms with E-state index in [1.165, 1.54) is 17.8 Å². The largest absolute Gasteiger partial charge is 0.507 e. The standard InChI is InChI=1S/C9H10O3S/c1-13-8-3-2-6(4-7(8)10)5-9(11)12/h2-4,10H,5H2,1H3,(H,11,12). The molecule has 0 atom stereocenters. The first-order chi connectivity index (χ1) is 6.13. The summed E-state index contributed by atoms with van der Waals surface area (Å²) in [6.07, 6.45) is 1.80. The molecule has 1 aromatic rings. The summed E-state index contributed by atoms with van der Waals surface area (Å²) in [5.74, 6) is -0.748. The van der Waals surface area contributed by atoms with Gasteiger partial charge in [0, 0.05) is 4.90 Å². The lowest BCUT2D eigenvalue weighted by Gasteiger charge is -2.02. The summed E-state index contributed by atoms with van der Waals surface area (Å²) in [7, 11) is 0. The normalized spacial score (nSPS) is 9.92. The Hall–Kier alpha value is -1.16. The molecule has 3 nitrogen and oxygen atoms in total. The minimum Gasteiger partial charge on any atom is -0.507 e. The van der Waals surface area contributed by atoms with Gasteiger partial charge in [0.25, 0.3) is 0 Å². The van der Waals surface area contributed by atoms with Gasteiger partial charge in [-0.1, -0.05) is 6.07 Å². The molecule has 1 rings (SSSR count). The van der Waals surface area contributed by atoms with Crippen LogP contribution in [0, 0.1) is 0 Å². The van der Waals surface area contributed by atoms with E-state index in [1.807, 2.05) is 6.26 Å². The third-order valence-corrected chi connectivity index (χ3v) is 2.38. The first-order valence-electron chi connectivity index (χ1n) is 3.71. The van der Waals surface area contributed by atoms with E-state index in [1.54, 1.807) is 12.1 Å². The van der Waals surface area contributed by atoms with Crippen LogP contribution < -0.4 is 0 Å². The number of aliphatic carboxylic acids is 1. The zero-order valence-corrected chi connectivity index (χ0v) is 7.97. The fourth-order valence-electron chi connectivity index (χ4n) is 1.02. The van der Waals surface area contributed by atoms with Crippen LogP contribution in [0.2, 0.25) is 0 Å². The van der Waals surface area contributed by atoms with Gasteiger partial charge in [-0.05, 0) is 24.0 Å². The predicted molar refractivity (Wildman–Crippen MR) is 51.2 cm³/mol. The summed E-state index contributed by atoms with van der Waals surface area (Å²) in [6, 6.07) is 4.91. The molecule has 0 saturated carbocycles. The lowest BCUT2D eigenvalue weighted by atomic mass is 10.1. The Bertz CT molecular complexity index is 323. The van der Waals surface area contributed by atoms with Gasteiger partial charge in [0.05, 0.1) is 6.42 Å². The van der Waals surface area contributed by atoms with Gasteiger partial charge < -0.3 is 10.2 Å². The van der Waals surface area contributed by atoms with E-state index in [9.17, 15) is 9.90 Å². The Kier molecular flexibility index (Phi) is 3.19. The maximum atomic E-state index is 10.3. The van der Waals surface area contributed by atoms with E-state index in [4.69, 9.17) is 5.11 Å². The summed E-state index contributed by atoms with van der Waals surface area (Å²) < 4.78 is 0. The van der Waals surface area contributed by atoms with Crippen molar-refractivity contribution < 1.29 is 15.0 Å². The van der Waals surface area contributed by atoms with Crippen LogP contribution in [0.4, 0.5) is 0 Å². The zero-order chi connectivity index (χ0) is 9.84. The van der Waals surface area contributed by atoms with Crippen LogP contribution in [0.1, 0.15) is 5.56 Å². The lowest BCUT2D eigenvalue weighted by molar-refractivity contribution is -0.136. The minimum atomic E-state index is -0.892. The first-order valence-corrected chi connectivity index (χ1v) is 4.93. The molecule has 0 radical (unpaired) electrons. The van der Waals surface area contributed by atoms with Gasteiger partial charge in [-0.3, -0.25) is 4.79 Å². The number of carboxylic acid groups (broad SMARTS) is 1. The van der Waals surface area contributed by atoms with Crippen LogP contribution in [-0.2, 0) is 11.2 Å². The van der Waals surface area contributed by atoms with Gasteiger partial charge in [0.2, 0.25) is 0 Å². The number of aromatic hydroxyl groups is 1. The average Bonchev–Trinajstić information content (AvgIpc) is 2.03. The molecule has 0 aromatic heterocycles. The first kappa shape index (κ1) is 9.92. The summed E-state index contributed by atoms with van der Waals surface area (Å²) in [6.45, 7) is 0. The molecule has 0 spiro atoms. The molecule has 2 N–H and O–H groups in total. The molecule has 0 fully saturated rings. The van der Waals surface area contributed by atoms with Gasteiger partial charge in [-0.2, -0.15) is 0 Å². The number of benzene rings is 1.